The van der Waals surface area contributed by atoms with Crippen LogP contribution in [0.3, 0.4) is 0 Å². The zero-order valence-corrected chi connectivity index (χ0v) is 13.8. The predicted molar refractivity (Wildman–Crippen MR) is 81.9 cm³/mol. The van der Waals surface area contributed by atoms with Crippen molar-refractivity contribution in [3.05, 3.63) is 0 Å². The molecule has 0 bridgehead atoms. The number of ether oxygens (including phenoxy) is 1. The van der Waals surface area contributed by atoms with Crippen molar-refractivity contribution in [2.45, 2.75) is 32.8 Å². The maximum Gasteiger partial charge on any atom is 0.236 e. The number of nitrogens with zero attached hydrogens (tertiary/aromatic N) is 3. The van der Waals surface area contributed by atoms with Crippen LogP contribution in [0, 0.1) is 0 Å². The molecule has 0 unspecified atom stereocenters. The van der Waals surface area contributed by atoms with Gasteiger partial charge in [-0.3, -0.25) is 9.69 Å². The van der Waals surface area contributed by atoms with Crippen LogP contribution < -0.4 is 0 Å². The fourth-order valence-electron chi connectivity index (χ4n) is 2.12. The van der Waals surface area contributed by atoms with E-state index < -0.39 is 0 Å². The molecule has 5 heteroatoms. The van der Waals surface area contributed by atoms with Crippen LogP contribution in [-0.2, 0) is 9.53 Å². The molecular formula is C15H31N3O2. The molecule has 1 aliphatic heterocycles. The average molecular weight is 285 g/mol. The van der Waals surface area contributed by atoms with Gasteiger partial charge in [-0.2, -0.15) is 0 Å². The van der Waals surface area contributed by atoms with E-state index >= 15 is 0 Å². The number of likely N-dealkylation sites (N-methyl/N-ethyl adjacent to an activating group) is 2. The van der Waals surface area contributed by atoms with E-state index in [0.29, 0.717) is 13.2 Å². The second-order valence-electron chi connectivity index (χ2n) is 6.71. The second-order valence-corrected chi connectivity index (χ2v) is 6.71. The van der Waals surface area contributed by atoms with Crippen LogP contribution in [0.1, 0.15) is 27.2 Å². The summed E-state index contributed by atoms with van der Waals surface area (Å²) in [4.78, 5) is 18.5. The van der Waals surface area contributed by atoms with Gasteiger partial charge in [-0.15, -0.1) is 0 Å². The van der Waals surface area contributed by atoms with Gasteiger partial charge in [0.25, 0.3) is 0 Å². The molecule has 0 aliphatic carbocycles. The highest BCUT2D eigenvalue weighted by molar-refractivity contribution is 5.77. The van der Waals surface area contributed by atoms with Crippen LogP contribution in [0.2, 0.25) is 0 Å². The molecule has 5 nitrogen and oxygen atoms in total. The van der Waals surface area contributed by atoms with Gasteiger partial charge in [0.05, 0.1) is 12.1 Å². The fourth-order valence-corrected chi connectivity index (χ4v) is 2.12. The lowest BCUT2D eigenvalue weighted by Crippen LogP contribution is -2.48. The molecule has 0 N–H and O–H groups in total. The van der Waals surface area contributed by atoms with Gasteiger partial charge in [0.2, 0.25) is 5.91 Å². The number of piperazine rings is 1. The summed E-state index contributed by atoms with van der Waals surface area (Å²) >= 11 is 0. The van der Waals surface area contributed by atoms with E-state index in [1.54, 1.807) is 0 Å². The minimum atomic E-state index is -0.0948. The lowest BCUT2D eigenvalue weighted by atomic mass is 10.2. The summed E-state index contributed by atoms with van der Waals surface area (Å²) < 4.78 is 5.67. The summed E-state index contributed by atoms with van der Waals surface area (Å²) in [5.74, 6) is 0.213. The molecule has 0 saturated carbocycles. The highest BCUT2D eigenvalue weighted by Crippen LogP contribution is 2.07. The van der Waals surface area contributed by atoms with Gasteiger partial charge in [-0.05, 0) is 34.2 Å². The Hall–Kier alpha value is -0.650. The molecule has 1 fully saturated rings. The van der Waals surface area contributed by atoms with E-state index in [0.717, 1.165) is 39.1 Å². The first-order valence-electron chi connectivity index (χ1n) is 7.57. The summed E-state index contributed by atoms with van der Waals surface area (Å²) in [7, 11) is 4.01. The van der Waals surface area contributed by atoms with E-state index in [2.05, 4.69) is 37.6 Å². The number of hydrogen-bond acceptors (Lipinski definition) is 4. The largest absolute Gasteiger partial charge is 0.376 e. The predicted octanol–water partition coefficient (Wildman–Crippen LogP) is 0.897. The van der Waals surface area contributed by atoms with Gasteiger partial charge in [-0.25, -0.2) is 0 Å². The van der Waals surface area contributed by atoms with Crippen LogP contribution in [0.5, 0.6) is 0 Å². The molecule has 0 atom stereocenters. The molecule has 0 aromatic carbocycles. The maximum atomic E-state index is 12.1. The van der Waals surface area contributed by atoms with Gasteiger partial charge in [0.15, 0.2) is 0 Å². The van der Waals surface area contributed by atoms with Gasteiger partial charge in [-0.1, -0.05) is 0 Å². The fraction of sp³-hybridized carbons (Fsp3) is 0.933. The Morgan fingerprint density at radius 2 is 1.80 bits per heavy atom. The Kier molecular flexibility index (Phi) is 6.92. The summed E-state index contributed by atoms with van der Waals surface area (Å²) in [5.41, 5.74) is -0.0948. The standard InChI is InChI=1S/C15H31N3O2/c1-15(2,3)20-12-6-7-17(5)14(19)13-18-10-8-16(4)9-11-18/h6-13H2,1-5H3. The highest BCUT2D eigenvalue weighted by Gasteiger charge is 2.18. The molecule has 1 saturated heterocycles. The van der Waals surface area contributed by atoms with Crippen molar-refractivity contribution in [3.8, 4) is 0 Å². The highest BCUT2D eigenvalue weighted by atomic mass is 16.5. The van der Waals surface area contributed by atoms with Crippen molar-refractivity contribution in [2.75, 3.05) is 60.0 Å². The maximum absolute atomic E-state index is 12.1. The van der Waals surface area contributed by atoms with Gasteiger partial charge in [0.1, 0.15) is 0 Å². The third-order valence-corrected chi connectivity index (χ3v) is 3.55. The molecule has 0 aromatic rings. The van der Waals surface area contributed by atoms with E-state index in [9.17, 15) is 4.79 Å². The van der Waals surface area contributed by atoms with Crippen LogP contribution in [0.25, 0.3) is 0 Å². The topological polar surface area (TPSA) is 36.0 Å². The van der Waals surface area contributed by atoms with Crippen molar-refractivity contribution in [2.24, 2.45) is 0 Å². The minimum Gasteiger partial charge on any atom is -0.376 e. The smallest absolute Gasteiger partial charge is 0.236 e. The number of carbonyl (C=O) groups excluding carboxylic acids is 1. The lowest BCUT2D eigenvalue weighted by Gasteiger charge is -2.32. The van der Waals surface area contributed by atoms with Crippen LogP contribution in [0.4, 0.5) is 0 Å². The molecule has 1 heterocycles. The molecular weight excluding hydrogens is 254 g/mol. The van der Waals surface area contributed by atoms with Crippen LogP contribution in [-0.4, -0.2) is 86.2 Å². The summed E-state index contributed by atoms with van der Waals surface area (Å²) in [5, 5.41) is 0. The molecule has 1 aliphatic rings. The Balaban J connectivity index is 2.16. The second kappa shape index (κ2) is 7.96. The van der Waals surface area contributed by atoms with Crippen molar-refractivity contribution in [1.82, 2.24) is 14.7 Å². The van der Waals surface area contributed by atoms with Gasteiger partial charge < -0.3 is 14.5 Å². The molecule has 20 heavy (non-hydrogen) atoms. The average Bonchev–Trinajstić information content (AvgIpc) is 2.36. The number of rotatable bonds is 6. The molecule has 0 radical (unpaired) electrons. The van der Waals surface area contributed by atoms with E-state index in [1.165, 1.54) is 0 Å². The van der Waals surface area contributed by atoms with E-state index in [1.807, 2.05) is 11.9 Å². The normalized spacial score (nSPS) is 18.2. The molecule has 0 spiro atoms. The van der Waals surface area contributed by atoms with Crippen molar-refractivity contribution >= 4 is 5.91 Å². The Morgan fingerprint density at radius 1 is 1.20 bits per heavy atom. The Morgan fingerprint density at radius 3 is 2.35 bits per heavy atom. The zero-order chi connectivity index (χ0) is 15.2. The van der Waals surface area contributed by atoms with Crippen molar-refractivity contribution < 1.29 is 9.53 Å². The van der Waals surface area contributed by atoms with Crippen molar-refractivity contribution in [3.63, 3.8) is 0 Å². The Labute approximate surface area is 123 Å². The van der Waals surface area contributed by atoms with Crippen molar-refractivity contribution in [1.29, 1.82) is 0 Å². The molecule has 1 amide bonds. The summed E-state index contributed by atoms with van der Waals surface area (Å²) in [6, 6.07) is 0. The van der Waals surface area contributed by atoms with Gasteiger partial charge in [0, 0.05) is 46.4 Å². The first-order valence-corrected chi connectivity index (χ1v) is 7.57. The number of hydrogen-bond donors (Lipinski definition) is 0. The SMILES string of the molecule is CN1CCN(CC(=O)N(C)CCCOC(C)(C)C)CC1. The molecule has 1 rings (SSSR count). The quantitative estimate of drug-likeness (QED) is 0.679. The molecule has 118 valence electrons. The lowest BCUT2D eigenvalue weighted by molar-refractivity contribution is -0.131. The van der Waals surface area contributed by atoms with E-state index in [4.69, 9.17) is 4.74 Å². The van der Waals surface area contributed by atoms with Crippen LogP contribution >= 0.6 is 0 Å². The molecule has 0 aromatic heterocycles. The minimum absolute atomic E-state index is 0.0948. The van der Waals surface area contributed by atoms with Crippen LogP contribution in [0.15, 0.2) is 0 Å². The first kappa shape index (κ1) is 17.4. The first-order chi connectivity index (χ1) is 9.28. The van der Waals surface area contributed by atoms with E-state index in [-0.39, 0.29) is 11.5 Å². The zero-order valence-electron chi connectivity index (χ0n) is 13.8. The number of carbonyl (C=O) groups is 1. The third-order valence-electron chi connectivity index (χ3n) is 3.55. The number of amides is 1. The summed E-state index contributed by atoms with van der Waals surface area (Å²) in [6.07, 6.45) is 0.891. The van der Waals surface area contributed by atoms with Gasteiger partial charge >= 0.3 is 0 Å². The summed E-state index contributed by atoms with van der Waals surface area (Å²) in [6.45, 7) is 12.3. The Bertz CT molecular complexity index is 294. The third kappa shape index (κ3) is 7.22. The monoisotopic (exact) mass is 285 g/mol.